The van der Waals surface area contributed by atoms with Crippen LogP contribution in [0.5, 0.6) is 0 Å². The van der Waals surface area contributed by atoms with Gasteiger partial charge in [-0.25, -0.2) is 4.98 Å². The molecule has 4 rings (SSSR count). The predicted molar refractivity (Wildman–Crippen MR) is 114 cm³/mol. The van der Waals surface area contributed by atoms with E-state index in [1.54, 1.807) is 18.2 Å². The Bertz CT molecular complexity index is 855. The molecule has 2 N–H and O–H groups in total. The number of likely N-dealkylation sites (tertiary alicyclic amines) is 2. The zero-order valence-corrected chi connectivity index (χ0v) is 17.2. The third kappa shape index (κ3) is 4.43. The average molecular weight is 415 g/mol. The highest BCUT2D eigenvalue weighted by Crippen LogP contribution is 2.32. The highest BCUT2D eigenvalue weighted by molar-refractivity contribution is 5.96. The molecule has 154 valence electrons. The quantitative estimate of drug-likeness (QED) is 0.833. The van der Waals surface area contributed by atoms with Crippen LogP contribution in [0.25, 0.3) is 0 Å². The molecule has 2 fully saturated rings. The first-order valence-electron chi connectivity index (χ1n) is 9.98. The van der Waals surface area contributed by atoms with Crippen molar-refractivity contribution >= 4 is 24.2 Å². The number of carbonyl (C=O) groups excluding carboxylic acids is 2. The van der Waals surface area contributed by atoms with Crippen LogP contribution in [0.15, 0.2) is 48.5 Å². The maximum atomic E-state index is 13.1. The van der Waals surface area contributed by atoms with Crippen molar-refractivity contribution in [1.29, 1.82) is 0 Å². The molecule has 2 saturated heterocycles. The SMILES string of the molecule is Cl.NC[C@@H]1CN(C(=O)c2cccc(C(=O)N3CCCC3)n2)C[C@H]1c1ccccc1. The van der Waals surface area contributed by atoms with Gasteiger partial charge in [-0.2, -0.15) is 0 Å². The molecule has 0 radical (unpaired) electrons. The molecule has 7 heteroatoms. The Morgan fingerprint density at radius 2 is 1.52 bits per heavy atom. The van der Waals surface area contributed by atoms with Gasteiger partial charge >= 0.3 is 0 Å². The summed E-state index contributed by atoms with van der Waals surface area (Å²) in [5.74, 6) is 0.230. The second-order valence-corrected chi connectivity index (χ2v) is 7.63. The van der Waals surface area contributed by atoms with Crippen LogP contribution in [-0.2, 0) is 0 Å². The standard InChI is InChI=1S/C22H26N4O2.ClH/c23-13-17-14-26(15-18(17)16-7-2-1-3-8-16)22(28)20-10-6-9-19(24-20)21(27)25-11-4-5-12-25;/h1-3,6-10,17-18H,4-5,11-15,23H2;1H/t17-,18+;/m1./s1. The molecule has 1 aromatic carbocycles. The van der Waals surface area contributed by atoms with Crippen molar-refractivity contribution in [2.75, 3.05) is 32.7 Å². The van der Waals surface area contributed by atoms with Crippen molar-refractivity contribution in [2.24, 2.45) is 11.7 Å². The smallest absolute Gasteiger partial charge is 0.272 e. The number of hydrogen-bond donors (Lipinski definition) is 1. The maximum Gasteiger partial charge on any atom is 0.272 e. The van der Waals surface area contributed by atoms with E-state index in [0.717, 1.165) is 25.9 Å². The summed E-state index contributed by atoms with van der Waals surface area (Å²) in [5.41, 5.74) is 7.88. The van der Waals surface area contributed by atoms with E-state index in [9.17, 15) is 9.59 Å². The Balaban J connectivity index is 0.00000240. The first-order chi connectivity index (χ1) is 13.7. The fourth-order valence-corrected chi connectivity index (χ4v) is 4.27. The molecule has 0 saturated carbocycles. The molecule has 0 unspecified atom stereocenters. The van der Waals surface area contributed by atoms with E-state index < -0.39 is 0 Å². The van der Waals surface area contributed by atoms with E-state index >= 15 is 0 Å². The molecule has 1 aromatic heterocycles. The van der Waals surface area contributed by atoms with Crippen LogP contribution in [0.1, 0.15) is 45.3 Å². The number of halogens is 1. The Hall–Kier alpha value is -2.44. The van der Waals surface area contributed by atoms with Crippen LogP contribution in [0.4, 0.5) is 0 Å². The van der Waals surface area contributed by atoms with Crippen molar-refractivity contribution in [3.05, 3.63) is 65.5 Å². The normalized spacial score (nSPS) is 21.1. The molecule has 2 aliphatic rings. The molecular weight excluding hydrogens is 388 g/mol. The monoisotopic (exact) mass is 414 g/mol. The van der Waals surface area contributed by atoms with Crippen LogP contribution in [-0.4, -0.2) is 59.3 Å². The second-order valence-electron chi connectivity index (χ2n) is 7.63. The highest BCUT2D eigenvalue weighted by Gasteiger charge is 2.36. The summed E-state index contributed by atoms with van der Waals surface area (Å²) in [4.78, 5) is 33.7. The minimum absolute atomic E-state index is 0. The Morgan fingerprint density at radius 3 is 2.14 bits per heavy atom. The van der Waals surface area contributed by atoms with E-state index in [4.69, 9.17) is 5.73 Å². The van der Waals surface area contributed by atoms with E-state index in [2.05, 4.69) is 17.1 Å². The minimum Gasteiger partial charge on any atom is -0.337 e. The fourth-order valence-electron chi connectivity index (χ4n) is 4.27. The van der Waals surface area contributed by atoms with Crippen molar-refractivity contribution in [1.82, 2.24) is 14.8 Å². The number of pyridine rings is 1. The number of amides is 2. The maximum absolute atomic E-state index is 13.1. The van der Waals surface area contributed by atoms with Gasteiger partial charge in [0.25, 0.3) is 11.8 Å². The minimum atomic E-state index is -0.132. The summed E-state index contributed by atoms with van der Waals surface area (Å²) in [6, 6.07) is 15.3. The molecule has 0 aliphatic carbocycles. The third-order valence-corrected chi connectivity index (χ3v) is 5.84. The van der Waals surface area contributed by atoms with Gasteiger partial charge in [0.2, 0.25) is 0 Å². The molecule has 3 heterocycles. The molecule has 29 heavy (non-hydrogen) atoms. The van der Waals surface area contributed by atoms with Crippen molar-refractivity contribution < 1.29 is 9.59 Å². The molecular formula is C22H27ClN4O2. The first-order valence-corrected chi connectivity index (χ1v) is 9.98. The van der Waals surface area contributed by atoms with Gasteiger partial charge < -0.3 is 15.5 Å². The van der Waals surface area contributed by atoms with Gasteiger partial charge in [0.1, 0.15) is 11.4 Å². The van der Waals surface area contributed by atoms with Crippen LogP contribution in [0.2, 0.25) is 0 Å². The molecule has 0 spiro atoms. The summed E-state index contributed by atoms with van der Waals surface area (Å²) in [5, 5.41) is 0. The van der Waals surface area contributed by atoms with Gasteiger partial charge in [0.15, 0.2) is 0 Å². The fraction of sp³-hybridized carbons (Fsp3) is 0.409. The van der Waals surface area contributed by atoms with E-state index in [1.165, 1.54) is 5.56 Å². The lowest BCUT2D eigenvalue weighted by molar-refractivity contribution is 0.0776. The van der Waals surface area contributed by atoms with Crippen LogP contribution in [0.3, 0.4) is 0 Å². The van der Waals surface area contributed by atoms with Gasteiger partial charge in [0, 0.05) is 32.1 Å². The second kappa shape index (κ2) is 9.37. The van der Waals surface area contributed by atoms with Crippen molar-refractivity contribution in [3.63, 3.8) is 0 Å². The van der Waals surface area contributed by atoms with E-state index in [-0.39, 0.29) is 36.1 Å². The summed E-state index contributed by atoms with van der Waals surface area (Å²) < 4.78 is 0. The lowest BCUT2D eigenvalue weighted by Crippen LogP contribution is -2.32. The van der Waals surface area contributed by atoms with Gasteiger partial charge in [-0.3, -0.25) is 9.59 Å². The number of nitrogens with zero attached hydrogens (tertiary/aromatic N) is 3. The lowest BCUT2D eigenvalue weighted by atomic mass is 9.89. The van der Waals surface area contributed by atoms with Gasteiger partial charge in [-0.15, -0.1) is 12.4 Å². The molecule has 6 nitrogen and oxygen atoms in total. The lowest BCUT2D eigenvalue weighted by Gasteiger charge is -2.18. The number of hydrogen-bond acceptors (Lipinski definition) is 4. The average Bonchev–Trinajstić information content (AvgIpc) is 3.43. The zero-order valence-electron chi connectivity index (χ0n) is 16.4. The third-order valence-electron chi connectivity index (χ3n) is 5.84. The predicted octanol–water partition coefficient (Wildman–Crippen LogP) is 2.55. The van der Waals surface area contributed by atoms with E-state index in [1.807, 2.05) is 28.0 Å². The number of rotatable bonds is 4. The number of nitrogens with two attached hydrogens (primary N) is 1. The summed E-state index contributed by atoms with van der Waals surface area (Å²) >= 11 is 0. The summed E-state index contributed by atoms with van der Waals surface area (Å²) in [6.45, 7) is 3.30. The topological polar surface area (TPSA) is 79.5 Å². The summed E-state index contributed by atoms with van der Waals surface area (Å²) in [7, 11) is 0. The Labute approximate surface area is 177 Å². The largest absolute Gasteiger partial charge is 0.337 e. The van der Waals surface area contributed by atoms with Gasteiger partial charge in [-0.05, 0) is 43.0 Å². The number of carbonyl (C=O) groups is 2. The number of benzene rings is 1. The van der Waals surface area contributed by atoms with Crippen molar-refractivity contribution in [3.8, 4) is 0 Å². The molecule has 2 atom stereocenters. The first kappa shape index (κ1) is 21.3. The molecule has 0 bridgehead atoms. The Morgan fingerprint density at radius 1 is 0.897 bits per heavy atom. The van der Waals surface area contributed by atoms with Crippen LogP contribution in [0, 0.1) is 5.92 Å². The van der Waals surface area contributed by atoms with E-state index in [0.29, 0.717) is 31.0 Å². The molecule has 2 amide bonds. The van der Waals surface area contributed by atoms with Crippen molar-refractivity contribution in [2.45, 2.75) is 18.8 Å². The number of aromatic nitrogens is 1. The summed E-state index contributed by atoms with van der Waals surface area (Å²) in [6.07, 6.45) is 2.05. The van der Waals surface area contributed by atoms with Gasteiger partial charge in [0.05, 0.1) is 0 Å². The molecule has 2 aromatic rings. The Kier molecular flexibility index (Phi) is 6.87. The van der Waals surface area contributed by atoms with Gasteiger partial charge in [-0.1, -0.05) is 36.4 Å². The molecule has 2 aliphatic heterocycles. The van der Waals surface area contributed by atoms with Crippen LogP contribution >= 0.6 is 12.4 Å². The highest BCUT2D eigenvalue weighted by atomic mass is 35.5. The zero-order chi connectivity index (χ0) is 19.5. The van der Waals surface area contributed by atoms with Crippen LogP contribution < -0.4 is 5.73 Å².